The van der Waals surface area contributed by atoms with E-state index in [0.29, 0.717) is 23.3 Å². The number of anilines is 1. The minimum Gasteiger partial charge on any atom is -0.481 e. The lowest BCUT2D eigenvalue weighted by atomic mass is 9.69. The summed E-state index contributed by atoms with van der Waals surface area (Å²) in [6, 6.07) is 12.5. The van der Waals surface area contributed by atoms with Crippen LogP contribution in [0.3, 0.4) is 0 Å². The van der Waals surface area contributed by atoms with Gasteiger partial charge in [0.25, 0.3) is 0 Å². The number of nitrogens with one attached hydrogen (secondary N) is 1. The molecule has 4 aliphatic rings. The van der Waals surface area contributed by atoms with Gasteiger partial charge in [-0.05, 0) is 139 Å². The van der Waals surface area contributed by atoms with Crippen molar-refractivity contribution in [2.75, 3.05) is 31.5 Å². The van der Waals surface area contributed by atoms with Crippen molar-refractivity contribution in [1.29, 1.82) is 0 Å². The van der Waals surface area contributed by atoms with Gasteiger partial charge in [-0.2, -0.15) is 9.29 Å². The Hall–Kier alpha value is -3.75. The Labute approximate surface area is 319 Å². The molecule has 290 valence electrons. The molecule has 2 aliphatic carbocycles. The summed E-state index contributed by atoms with van der Waals surface area (Å²) in [6.07, 6.45) is 7.54. The van der Waals surface area contributed by atoms with E-state index >= 15 is 0 Å². The van der Waals surface area contributed by atoms with E-state index in [4.69, 9.17) is 9.72 Å². The first-order valence-electron chi connectivity index (χ1n) is 19.6. The van der Waals surface area contributed by atoms with Crippen LogP contribution in [-0.4, -0.2) is 87.2 Å². The third-order valence-electron chi connectivity index (χ3n) is 12.2. The van der Waals surface area contributed by atoms with Crippen molar-refractivity contribution in [3.8, 4) is 5.88 Å². The summed E-state index contributed by atoms with van der Waals surface area (Å²) >= 11 is 0. The molecule has 13 heteroatoms. The average molecular weight is 758 g/mol. The summed E-state index contributed by atoms with van der Waals surface area (Å²) in [6.45, 7) is 15.4. The molecular formula is C41H55N7O5S. The van der Waals surface area contributed by atoms with Gasteiger partial charge in [0.1, 0.15) is 21.8 Å². The molecule has 0 bridgehead atoms. The standard InChI is InChI=1S/C41H55N7O5S/c1-25-10-11-29(35(40(5,6)39(49)50)32-14-15-33-36(28(32)4)44-45-48(33)31-12-13-31)21-30(25)23-47-24-41(16-17-41)53-38-34(54(47,51)52)20-26(2)37(43-38)42-27(3)22-46-18-8-7-9-19-46/h10-11,14-15,20-21,27,31,35,51-52H,7-9,12-13,16-19,22-24H2,1-6H3,(H,42,43)(H,49,50)/t27-,35?/m0/s1. The molecule has 0 amide bonds. The van der Waals surface area contributed by atoms with Crippen LogP contribution >= 0.6 is 10.8 Å². The van der Waals surface area contributed by atoms with Gasteiger partial charge in [-0.1, -0.05) is 35.9 Å². The number of carboxylic acid groups (broad SMARTS) is 1. The van der Waals surface area contributed by atoms with E-state index in [1.54, 1.807) is 18.2 Å². The van der Waals surface area contributed by atoms with Crippen LogP contribution in [0.2, 0.25) is 0 Å². The molecule has 2 aliphatic heterocycles. The number of benzene rings is 2. The Morgan fingerprint density at radius 2 is 1.80 bits per heavy atom. The lowest BCUT2D eigenvalue weighted by Gasteiger charge is -2.42. The number of aryl methyl sites for hydroxylation is 3. The number of fused-ring (bicyclic) bond motifs is 2. The third kappa shape index (κ3) is 6.87. The maximum Gasteiger partial charge on any atom is 0.310 e. The summed E-state index contributed by atoms with van der Waals surface area (Å²) in [5, 5.41) is 23.2. The number of aliphatic carboxylic acids is 1. The van der Waals surface area contributed by atoms with Gasteiger partial charge >= 0.3 is 5.97 Å². The summed E-state index contributed by atoms with van der Waals surface area (Å²) in [7, 11) is -3.52. The Morgan fingerprint density at radius 3 is 2.48 bits per heavy atom. The van der Waals surface area contributed by atoms with Crippen LogP contribution in [0.4, 0.5) is 5.82 Å². The van der Waals surface area contributed by atoms with Crippen molar-refractivity contribution in [3.05, 3.63) is 69.8 Å². The number of nitrogens with zero attached hydrogens (tertiary/aromatic N) is 6. The van der Waals surface area contributed by atoms with Crippen LogP contribution in [0.5, 0.6) is 5.88 Å². The van der Waals surface area contributed by atoms with E-state index in [1.807, 2.05) is 55.8 Å². The van der Waals surface area contributed by atoms with Gasteiger partial charge in [-0.15, -0.1) is 15.9 Å². The first-order valence-corrected chi connectivity index (χ1v) is 21.1. The van der Waals surface area contributed by atoms with Gasteiger partial charge in [0.05, 0.1) is 23.5 Å². The van der Waals surface area contributed by atoms with E-state index in [0.717, 1.165) is 89.7 Å². The molecule has 4 aromatic rings. The van der Waals surface area contributed by atoms with Gasteiger partial charge in [-0.25, -0.2) is 4.68 Å². The molecule has 8 rings (SSSR count). The minimum atomic E-state index is -3.52. The van der Waals surface area contributed by atoms with Crippen LogP contribution in [0.15, 0.2) is 41.3 Å². The summed E-state index contributed by atoms with van der Waals surface area (Å²) in [4.78, 5) is 20.7. The fraction of sp³-hybridized carbons (Fsp3) is 0.561. The maximum atomic E-state index is 12.9. The van der Waals surface area contributed by atoms with Crippen LogP contribution in [-0.2, 0) is 11.3 Å². The van der Waals surface area contributed by atoms with Gasteiger partial charge in [0.15, 0.2) is 0 Å². The predicted molar refractivity (Wildman–Crippen MR) is 211 cm³/mol. The molecule has 0 radical (unpaired) electrons. The molecular weight excluding hydrogens is 703 g/mol. The number of hydrogen-bond donors (Lipinski definition) is 4. The molecule has 2 atom stereocenters. The van der Waals surface area contributed by atoms with Crippen molar-refractivity contribution in [3.63, 3.8) is 0 Å². The first-order chi connectivity index (χ1) is 25.7. The van der Waals surface area contributed by atoms with E-state index in [9.17, 15) is 19.0 Å². The zero-order valence-electron chi connectivity index (χ0n) is 32.4. The number of carbonyl (C=O) groups is 1. The highest BCUT2D eigenvalue weighted by Gasteiger charge is 2.53. The highest BCUT2D eigenvalue weighted by Crippen LogP contribution is 2.61. The Morgan fingerprint density at radius 1 is 1.06 bits per heavy atom. The Balaban J connectivity index is 1.12. The molecule has 2 aromatic carbocycles. The Kier molecular flexibility index (Phi) is 9.48. The van der Waals surface area contributed by atoms with Crippen LogP contribution in [0.25, 0.3) is 11.0 Å². The second kappa shape index (κ2) is 13.8. The second-order valence-corrected chi connectivity index (χ2v) is 19.0. The molecule has 1 unspecified atom stereocenters. The summed E-state index contributed by atoms with van der Waals surface area (Å²) in [5.41, 5.74) is 5.39. The summed E-state index contributed by atoms with van der Waals surface area (Å²) < 4.78 is 34.7. The van der Waals surface area contributed by atoms with Crippen molar-refractivity contribution in [2.24, 2.45) is 5.41 Å². The zero-order chi connectivity index (χ0) is 38.2. The molecule has 2 aromatic heterocycles. The number of aromatic nitrogens is 4. The predicted octanol–water partition coefficient (Wildman–Crippen LogP) is 8.07. The van der Waals surface area contributed by atoms with Crippen molar-refractivity contribution in [2.45, 2.75) is 122 Å². The molecule has 1 saturated heterocycles. The van der Waals surface area contributed by atoms with E-state index in [1.165, 1.54) is 19.3 Å². The fourth-order valence-corrected chi connectivity index (χ4v) is 10.2. The molecule has 12 nitrogen and oxygen atoms in total. The largest absolute Gasteiger partial charge is 0.481 e. The minimum absolute atomic E-state index is 0.164. The number of piperidine rings is 1. The van der Waals surface area contributed by atoms with Gasteiger partial charge in [0, 0.05) is 25.0 Å². The van der Waals surface area contributed by atoms with Crippen LogP contribution < -0.4 is 10.1 Å². The van der Waals surface area contributed by atoms with E-state index in [-0.39, 0.29) is 18.5 Å². The number of pyridine rings is 1. The molecule has 54 heavy (non-hydrogen) atoms. The monoisotopic (exact) mass is 757 g/mol. The highest BCUT2D eigenvalue weighted by molar-refractivity contribution is 8.22. The second-order valence-electron chi connectivity index (χ2n) is 17.0. The van der Waals surface area contributed by atoms with Gasteiger partial charge in [0.2, 0.25) is 5.88 Å². The number of rotatable bonds is 11. The van der Waals surface area contributed by atoms with Crippen LogP contribution in [0.1, 0.15) is 111 Å². The SMILES string of the molecule is Cc1ccc(C(c2ccc3c(nnn3C3CC3)c2C)C(C)(C)C(=O)O)cc1CN1CC2(CC2)Oc2nc(N[C@@H](C)CN3CCCCC3)c(C)cc2S1(O)O. The van der Waals surface area contributed by atoms with Gasteiger partial charge in [-0.3, -0.25) is 13.9 Å². The van der Waals surface area contributed by atoms with Crippen LogP contribution in [0, 0.1) is 26.2 Å². The van der Waals surface area contributed by atoms with Crippen molar-refractivity contribution >= 4 is 33.6 Å². The third-order valence-corrected chi connectivity index (χ3v) is 14.1. The Bertz CT molecular complexity index is 2090. The lowest BCUT2D eigenvalue weighted by molar-refractivity contribution is -0.147. The maximum absolute atomic E-state index is 12.9. The van der Waals surface area contributed by atoms with Gasteiger partial charge < -0.3 is 20.1 Å². The topological polar surface area (TPSA) is 149 Å². The first kappa shape index (κ1) is 37.2. The quantitative estimate of drug-likeness (QED) is 0.118. The van der Waals surface area contributed by atoms with Crippen molar-refractivity contribution < 1.29 is 23.7 Å². The lowest BCUT2D eigenvalue weighted by Crippen LogP contribution is -2.38. The molecule has 4 heterocycles. The number of likely N-dealkylation sites (tertiary alicyclic amines) is 1. The zero-order valence-corrected chi connectivity index (χ0v) is 33.2. The number of carboxylic acids is 1. The van der Waals surface area contributed by atoms with E-state index < -0.39 is 33.7 Å². The van der Waals surface area contributed by atoms with E-state index in [2.05, 4.69) is 33.5 Å². The number of ether oxygens (including phenoxy) is 1. The summed E-state index contributed by atoms with van der Waals surface area (Å²) in [5.74, 6) is -0.425. The van der Waals surface area contributed by atoms with Crippen molar-refractivity contribution in [1.82, 2.24) is 29.2 Å². The molecule has 3 fully saturated rings. The molecule has 2 saturated carbocycles. The smallest absolute Gasteiger partial charge is 0.310 e. The number of hydrogen-bond acceptors (Lipinski definition) is 10. The fourth-order valence-electron chi connectivity index (χ4n) is 8.52. The highest BCUT2D eigenvalue weighted by atomic mass is 32.3. The molecule has 1 spiro atoms. The average Bonchev–Trinajstić information content (AvgIpc) is 4.06. The normalized spacial score (nSPS) is 21.6. The molecule has 4 N–H and O–H groups in total.